The molecule has 1 unspecified atom stereocenters. The van der Waals surface area contributed by atoms with Crippen LogP contribution < -0.4 is 5.32 Å². The zero-order chi connectivity index (χ0) is 9.30. The van der Waals surface area contributed by atoms with Crippen LogP contribution in [0.5, 0.6) is 0 Å². The fourth-order valence-electron chi connectivity index (χ4n) is 1.52. The largest absolute Gasteiger partial charge is 0.346 e. The lowest BCUT2D eigenvalue weighted by Crippen LogP contribution is -2.29. The van der Waals surface area contributed by atoms with Gasteiger partial charge in [0.05, 0.1) is 6.04 Å². The maximum atomic E-state index is 11.2. The number of nitrogens with one attached hydrogen (secondary N) is 1. The molecule has 1 N–H and O–H groups in total. The molecule has 0 aromatic carbocycles. The van der Waals surface area contributed by atoms with Gasteiger partial charge in [0.25, 0.3) is 0 Å². The van der Waals surface area contributed by atoms with Crippen LogP contribution in [-0.4, -0.2) is 11.9 Å². The summed E-state index contributed by atoms with van der Waals surface area (Å²) in [5, 5.41) is 2.97. The van der Waals surface area contributed by atoms with Crippen molar-refractivity contribution in [3.63, 3.8) is 0 Å². The number of amides is 1. The maximum Gasteiger partial charge on any atom is 0.247 e. The van der Waals surface area contributed by atoms with E-state index in [1.54, 1.807) is 0 Å². The summed E-state index contributed by atoms with van der Waals surface area (Å²) in [5.41, 5.74) is 2.12. The molecule has 1 aliphatic rings. The van der Waals surface area contributed by atoms with Gasteiger partial charge >= 0.3 is 0 Å². The molecule has 1 heterocycles. The van der Waals surface area contributed by atoms with Crippen molar-refractivity contribution in [3.8, 4) is 0 Å². The molecule has 0 aromatic heterocycles. The van der Waals surface area contributed by atoms with Crippen LogP contribution in [0.15, 0.2) is 11.1 Å². The number of hydrogen-bond acceptors (Lipinski definition) is 1. The first-order chi connectivity index (χ1) is 5.52. The van der Waals surface area contributed by atoms with Crippen molar-refractivity contribution in [1.29, 1.82) is 0 Å². The predicted octanol–water partition coefficient (Wildman–Crippen LogP) is 1.87. The Morgan fingerprint density at radius 2 is 2.00 bits per heavy atom. The van der Waals surface area contributed by atoms with Crippen molar-refractivity contribution in [3.05, 3.63) is 11.1 Å². The predicted molar refractivity (Wildman–Crippen MR) is 49.8 cm³/mol. The summed E-state index contributed by atoms with van der Waals surface area (Å²) in [6, 6.07) is 0.289. The van der Waals surface area contributed by atoms with E-state index < -0.39 is 0 Å². The van der Waals surface area contributed by atoms with Gasteiger partial charge in [-0.2, -0.15) is 0 Å². The van der Waals surface area contributed by atoms with Crippen molar-refractivity contribution >= 4 is 5.91 Å². The SMILES string of the molecule is CC1=C(C)C(CC(C)C)NC1=O. The van der Waals surface area contributed by atoms with Gasteiger partial charge in [-0.25, -0.2) is 0 Å². The summed E-state index contributed by atoms with van der Waals surface area (Å²) in [7, 11) is 0. The summed E-state index contributed by atoms with van der Waals surface area (Å²) in [4.78, 5) is 11.2. The van der Waals surface area contributed by atoms with Crippen LogP contribution in [0.1, 0.15) is 34.1 Å². The third-order valence-electron chi connectivity index (χ3n) is 2.47. The first-order valence-electron chi connectivity index (χ1n) is 4.50. The monoisotopic (exact) mass is 167 g/mol. The fraction of sp³-hybridized carbons (Fsp3) is 0.700. The maximum absolute atomic E-state index is 11.2. The number of carbonyl (C=O) groups is 1. The molecule has 2 nitrogen and oxygen atoms in total. The van der Waals surface area contributed by atoms with Gasteiger partial charge in [-0.1, -0.05) is 13.8 Å². The minimum atomic E-state index is 0.109. The normalized spacial score (nSPS) is 23.8. The average Bonchev–Trinajstić information content (AvgIpc) is 2.17. The molecule has 0 saturated heterocycles. The lowest BCUT2D eigenvalue weighted by atomic mass is 9.98. The van der Waals surface area contributed by atoms with Crippen LogP contribution in [0.4, 0.5) is 0 Å². The van der Waals surface area contributed by atoms with Crippen LogP contribution in [0, 0.1) is 5.92 Å². The summed E-state index contributed by atoms with van der Waals surface area (Å²) in [6.45, 7) is 8.28. The van der Waals surface area contributed by atoms with Crippen molar-refractivity contribution in [2.45, 2.75) is 40.2 Å². The molecular formula is C10H17NO. The molecule has 2 heteroatoms. The minimum Gasteiger partial charge on any atom is -0.346 e. The van der Waals surface area contributed by atoms with E-state index in [2.05, 4.69) is 19.2 Å². The number of rotatable bonds is 2. The van der Waals surface area contributed by atoms with E-state index in [-0.39, 0.29) is 11.9 Å². The standard InChI is InChI=1S/C10H17NO/c1-6(2)5-9-7(3)8(4)10(12)11-9/h6,9H,5H2,1-4H3,(H,11,12). The Balaban J connectivity index is 2.67. The molecule has 0 fully saturated rings. The van der Waals surface area contributed by atoms with Gasteiger partial charge in [0.15, 0.2) is 0 Å². The highest BCUT2D eigenvalue weighted by atomic mass is 16.2. The van der Waals surface area contributed by atoms with Crippen LogP contribution in [0.3, 0.4) is 0 Å². The van der Waals surface area contributed by atoms with E-state index >= 15 is 0 Å². The highest BCUT2D eigenvalue weighted by Gasteiger charge is 2.25. The zero-order valence-electron chi connectivity index (χ0n) is 8.27. The Bertz CT molecular complexity index is 228. The fourth-order valence-corrected chi connectivity index (χ4v) is 1.52. The Labute approximate surface area is 74.0 Å². The molecule has 0 bridgehead atoms. The van der Waals surface area contributed by atoms with Gasteiger partial charge in [-0.15, -0.1) is 0 Å². The summed E-state index contributed by atoms with van der Waals surface area (Å²) in [6.07, 6.45) is 1.05. The zero-order valence-corrected chi connectivity index (χ0v) is 8.27. The molecule has 0 aliphatic carbocycles. The quantitative estimate of drug-likeness (QED) is 0.668. The molecule has 1 aliphatic heterocycles. The molecule has 12 heavy (non-hydrogen) atoms. The summed E-state index contributed by atoms with van der Waals surface area (Å²) in [5.74, 6) is 0.745. The number of carbonyl (C=O) groups excluding carboxylic acids is 1. The molecule has 68 valence electrons. The van der Waals surface area contributed by atoms with E-state index in [0.29, 0.717) is 5.92 Å². The van der Waals surface area contributed by atoms with Gasteiger partial charge in [0, 0.05) is 5.57 Å². The van der Waals surface area contributed by atoms with E-state index in [1.807, 2.05) is 13.8 Å². The lowest BCUT2D eigenvalue weighted by molar-refractivity contribution is -0.117. The van der Waals surface area contributed by atoms with Crippen LogP contribution in [0.2, 0.25) is 0 Å². The first kappa shape index (κ1) is 9.30. The first-order valence-corrected chi connectivity index (χ1v) is 4.50. The smallest absolute Gasteiger partial charge is 0.247 e. The number of hydrogen-bond donors (Lipinski definition) is 1. The minimum absolute atomic E-state index is 0.109. The summed E-state index contributed by atoms with van der Waals surface area (Å²) < 4.78 is 0. The molecule has 0 radical (unpaired) electrons. The van der Waals surface area contributed by atoms with Gasteiger partial charge in [-0.05, 0) is 31.8 Å². The Morgan fingerprint density at radius 3 is 2.33 bits per heavy atom. The van der Waals surface area contributed by atoms with Crippen molar-refractivity contribution in [2.75, 3.05) is 0 Å². The van der Waals surface area contributed by atoms with E-state index in [9.17, 15) is 4.79 Å². The molecule has 0 saturated carbocycles. The van der Waals surface area contributed by atoms with Crippen LogP contribution in [0.25, 0.3) is 0 Å². The lowest BCUT2D eigenvalue weighted by Gasteiger charge is -2.14. The second-order valence-electron chi connectivity index (χ2n) is 3.96. The topological polar surface area (TPSA) is 29.1 Å². The molecule has 1 amide bonds. The van der Waals surface area contributed by atoms with Crippen LogP contribution >= 0.6 is 0 Å². The second-order valence-corrected chi connectivity index (χ2v) is 3.96. The Kier molecular flexibility index (Phi) is 2.55. The van der Waals surface area contributed by atoms with Gasteiger partial charge in [-0.3, -0.25) is 4.79 Å². The highest BCUT2D eigenvalue weighted by molar-refractivity contribution is 5.96. The third-order valence-corrected chi connectivity index (χ3v) is 2.47. The van der Waals surface area contributed by atoms with Crippen molar-refractivity contribution in [1.82, 2.24) is 5.32 Å². The molecule has 1 rings (SSSR count). The average molecular weight is 167 g/mol. The highest BCUT2D eigenvalue weighted by Crippen LogP contribution is 2.21. The van der Waals surface area contributed by atoms with E-state index in [4.69, 9.17) is 0 Å². The third kappa shape index (κ3) is 1.68. The van der Waals surface area contributed by atoms with Gasteiger partial charge < -0.3 is 5.32 Å². The van der Waals surface area contributed by atoms with Gasteiger partial charge in [0.2, 0.25) is 5.91 Å². The second kappa shape index (κ2) is 3.30. The van der Waals surface area contributed by atoms with E-state index in [1.165, 1.54) is 5.57 Å². The van der Waals surface area contributed by atoms with E-state index in [0.717, 1.165) is 12.0 Å². The molecule has 0 spiro atoms. The molecular weight excluding hydrogens is 150 g/mol. The molecule has 1 atom stereocenters. The van der Waals surface area contributed by atoms with Gasteiger partial charge in [0.1, 0.15) is 0 Å². The van der Waals surface area contributed by atoms with Crippen molar-refractivity contribution in [2.24, 2.45) is 5.92 Å². The van der Waals surface area contributed by atoms with Crippen molar-refractivity contribution < 1.29 is 4.79 Å². The summed E-state index contributed by atoms with van der Waals surface area (Å²) >= 11 is 0. The Hall–Kier alpha value is -0.790. The Morgan fingerprint density at radius 1 is 1.42 bits per heavy atom. The van der Waals surface area contributed by atoms with Crippen LogP contribution in [-0.2, 0) is 4.79 Å². The molecule has 0 aromatic rings.